The van der Waals surface area contributed by atoms with Gasteiger partial charge in [0.05, 0.1) is 17.5 Å². The quantitative estimate of drug-likeness (QED) is 0.439. The molecule has 4 aromatic rings. The van der Waals surface area contributed by atoms with Gasteiger partial charge in [-0.25, -0.2) is 17.6 Å². The maximum atomic E-state index is 14.7. The van der Waals surface area contributed by atoms with E-state index in [9.17, 15) is 27.2 Å². The third kappa shape index (κ3) is 4.37. The van der Waals surface area contributed by atoms with E-state index in [2.05, 4.69) is 5.32 Å². The molecule has 1 amide bonds. The van der Waals surface area contributed by atoms with Crippen molar-refractivity contribution in [3.8, 4) is 0 Å². The van der Waals surface area contributed by atoms with Gasteiger partial charge in [0.1, 0.15) is 11.6 Å². The minimum absolute atomic E-state index is 0.00907. The molecule has 8 heteroatoms. The van der Waals surface area contributed by atoms with Crippen molar-refractivity contribution < 1.29 is 22.4 Å². The van der Waals surface area contributed by atoms with Crippen LogP contribution in [0.25, 0.3) is 10.8 Å². The highest BCUT2D eigenvalue weighted by Gasteiger charge is 2.21. The van der Waals surface area contributed by atoms with Gasteiger partial charge >= 0.3 is 0 Å². The van der Waals surface area contributed by atoms with Crippen LogP contribution >= 0.6 is 0 Å². The van der Waals surface area contributed by atoms with Gasteiger partial charge in [-0.05, 0) is 48.4 Å². The molecule has 33 heavy (non-hydrogen) atoms. The van der Waals surface area contributed by atoms with Crippen molar-refractivity contribution in [3.63, 3.8) is 0 Å². The van der Waals surface area contributed by atoms with Crippen LogP contribution in [-0.2, 0) is 13.1 Å². The molecule has 0 fully saturated rings. The molecule has 4 rings (SSSR count). The fourth-order valence-electron chi connectivity index (χ4n) is 3.78. The number of hydrogen-bond acceptors (Lipinski definition) is 2. The normalized spacial score (nSPS) is 11.1. The average molecular weight is 454 g/mol. The predicted molar refractivity (Wildman–Crippen MR) is 116 cm³/mol. The molecule has 0 spiro atoms. The highest BCUT2D eigenvalue weighted by molar-refractivity contribution is 6.07. The summed E-state index contributed by atoms with van der Waals surface area (Å²) in [5.41, 5.74) is 0.363. The predicted octanol–water partition coefficient (Wildman–Crippen LogP) is 4.84. The Bertz CT molecular complexity index is 1450. The van der Waals surface area contributed by atoms with Crippen LogP contribution in [0.1, 0.15) is 27.2 Å². The maximum Gasteiger partial charge on any atom is 0.261 e. The highest BCUT2D eigenvalue weighted by Crippen LogP contribution is 2.23. The molecule has 0 aliphatic rings. The van der Waals surface area contributed by atoms with E-state index >= 15 is 0 Å². The minimum Gasteiger partial charge on any atom is -0.348 e. The molecule has 0 aliphatic heterocycles. The molecule has 1 aromatic heterocycles. The van der Waals surface area contributed by atoms with Crippen LogP contribution < -0.4 is 10.9 Å². The van der Waals surface area contributed by atoms with E-state index in [1.807, 2.05) is 0 Å². The lowest BCUT2D eigenvalue weighted by Gasteiger charge is -2.18. The van der Waals surface area contributed by atoms with E-state index in [0.29, 0.717) is 5.56 Å². The fourth-order valence-corrected chi connectivity index (χ4v) is 3.78. The van der Waals surface area contributed by atoms with Gasteiger partial charge in [-0.2, -0.15) is 0 Å². The van der Waals surface area contributed by atoms with Gasteiger partial charge in [0.2, 0.25) is 0 Å². The van der Waals surface area contributed by atoms with Gasteiger partial charge in [-0.3, -0.25) is 9.59 Å². The molecule has 0 saturated heterocycles. The van der Waals surface area contributed by atoms with Gasteiger partial charge < -0.3 is 9.88 Å². The lowest BCUT2D eigenvalue weighted by Crippen LogP contribution is -2.31. The van der Waals surface area contributed by atoms with E-state index in [0.717, 1.165) is 22.8 Å². The first kappa shape index (κ1) is 22.3. The number of rotatable bonds is 5. The van der Waals surface area contributed by atoms with Crippen molar-refractivity contribution >= 4 is 16.7 Å². The zero-order valence-electron chi connectivity index (χ0n) is 17.5. The van der Waals surface area contributed by atoms with Crippen molar-refractivity contribution in [2.75, 3.05) is 0 Å². The molecule has 3 aromatic carbocycles. The van der Waals surface area contributed by atoms with Crippen LogP contribution in [0, 0.1) is 30.2 Å². The Labute approximate surface area is 186 Å². The number of aromatic nitrogens is 1. The van der Waals surface area contributed by atoms with Gasteiger partial charge in [0.15, 0.2) is 11.6 Å². The Hall–Kier alpha value is -3.94. The summed E-state index contributed by atoms with van der Waals surface area (Å²) in [6, 6.07) is 12.8. The number of nitrogens with one attached hydrogen (secondary N) is 1. The smallest absolute Gasteiger partial charge is 0.261 e. The molecular weight excluding hydrogens is 436 g/mol. The monoisotopic (exact) mass is 454 g/mol. The largest absolute Gasteiger partial charge is 0.348 e. The minimum atomic E-state index is -1.08. The topological polar surface area (TPSA) is 51.1 Å². The number of hydrogen-bond donors (Lipinski definition) is 1. The molecule has 0 unspecified atom stereocenters. The molecular formula is C25H18F4N2O2. The van der Waals surface area contributed by atoms with Crippen molar-refractivity contribution in [2.24, 2.45) is 0 Å². The Morgan fingerprint density at radius 1 is 0.879 bits per heavy atom. The van der Waals surface area contributed by atoms with Crippen LogP contribution in [0.5, 0.6) is 0 Å². The Balaban J connectivity index is 1.81. The van der Waals surface area contributed by atoms with Crippen LogP contribution in [0.4, 0.5) is 17.6 Å². The number of carbonyl (C=O) groups is 1. The molecule has 0 atom stereocenters. The van der Waals surface area contributed by atoms with Crippen molar-refractivity contribution in [3.05, 3.63) is 117 Å². The molecule has 1 heterocycles. The first-order valence-corrected chi connectivity index (χ1v) is 10.0. The summed E-state index contributed by atoms with van der Waals surface area (Å²) in [6.07, 6.45) is 0. The maximum absolute atomic E-state index is 14.7. The standard InChI is InChI=1S/C25H18F4N2O2/c1-14-22(24(32)30-12-15-4-2-5-17(26)10-15)18-6-3-7-20(28)23(18)25(33)31(14)13-16-8-9-19(27)21(29)11-16/h2-11H,12-13H2,1H3,(H,30,32). The average Bonchev–Trinajstić information content (AvgIpc) is 2.77. The van der Waals surface area contributed by atoms with Crippen molar-refractivity contribution in [2.45, 2.75) is 20.0 Å². The Morgan fingerprint density at radius 3 is 2.36 bits per heavy atom. The van der Waals surface area contributed by atoms with Crippen LogP contribution in [0.2, 0.25) is 0 Å². The molecule has 0 aliphatic carbocycles. The number of pyridine rings is 1. The van der Waals surface area contributed by atoms with E-state index in [4.69, 9.17) is 0 Å². The van der Waals surface area contributed by atoms with Gasteiger partial charge in [0, 0.05) is 17.6 Å². The SMILES string of the molecule is Cc1c(C(=O)NCc2cccc(F)c2)c2cccc(F)c2c(=O)n1Cc1ccc(F)c(F)c1. The molecule has 0 bridgehead atoms. The fraction of sp³-hybridized carbons (Fsp3) is 0.120. The Kier molecular flexibility index (Phi) is 6.00. The summed E-state index contributed by atoms with van der Waals surface area (Å²) < 4.78 is 56.2. The van der Waals surface area contributed by atoms with Crippen molar-refractivity contribution in [1.29, 1.82) is 0 Å². The van der Waals surface area contributed by atoms with Crippen LogP contribution in [-0.4, -0.2) is 10.5 Å². The summed E-state index contributed by atoms with van der Waals surface area (Å²) in [6.45, 7) is 1.33. The zero-order valence-corrected chi connectivity index (χ0v) is 17.5. The molecule has 1 N–H and O–H groups in total. The second kappa shape index (κ2) is 8.90. The number of amides is 1. The number of halogens is 4. The summed E-state index contributed by atoms with van der Waals surface area (Å²) >= 11 is 0. The number of nitrogens with zero attached hydrogens (tertiary/aromatic N) is 1. The third-order valence-corrected chi connectivity index (χ3v) is 5.40. The van der Waals surface area contributed by atoms with Crippen molar-refractivity contribution in [1.82, 2.24) is 9.88 Å². The first-order valence-electron chi connectivity index (χ1n) is 10.0. The van der Waals surface area contributed by atoms with E-state index in [-0.39, 0.29) is 40.7 Å². The molecule has 0 saturated carbocycles. The zero-order chi connectivity index (χ0) is 23.7. The second-order valence-electron chi connectivity index (χ2n) is 7.58. The van der Waals surface area contributed by atoms with Crippen LogP contribution in [0.3, 0.4) is 0 Å². The third-order valence-electron chi connectivity index (χ3n) is 5.40. The van der Waals surface area contributed by atoms with E-state index in [1.54, 1.807) is 6.07 Å². The summed E-state index contributed by atoms with van der Waals surface area (Å²) in [7, 11) is 0. The highest BCUT2D eigenvalue weighted by atomic mass is 19.2. The van der Waals surface area contributed by atoms with E-state index in [1.165, 1.54) is 43.3 Å². The Morgan fingerprint density at radius 2 is 1.64 bits per heavy atom. The number of fused-ring (bicyclic) bond motifs is 1. The molecule has 168 valence electrons. The lowest BCUT2D eigenvalue weighted by molar-refractivity contribution is 0.0951. The van der Waals surface area contributed by atoms with E-state index < -0.39 is 34.7 Å². The van der Waals surface area contributed by atoms with Crippen LogP contribution in [0.15, 0.2) is 65.5 Å². The number of carbonyl (C=O) groups excluding carboxylic acids is 1. The first-order chi connectivity index (χ1) is 15.8. The number of benzene rings is 3. The molecule has 4 nitrogen and oxygen atoms in total. The van der Waals surface area contributed by atoms with Gasteiger partial charge in [0.25, 0.3) is 11.5 Å². The molecule has 0 radical (unpaired) electrons. The lowest BCUT2D eigenvalue weighted by atomic mass is 10.0. The second-order valence-corrected chi connectivity index (χ2v) is 7.58. The summed E-state index contributed by atoms with van der Waals surface area (Å²) in [5, 5.41) is 2.50. The van der Waals surface area contributed by atoms with Gasteiger partial charge in [-0.15, -0.1) is 0 Å². The summed E-state index contributed by atoms with van der Waals surface area (Å²) in [5.74, 6) is -3.98. The summed E-state index contributed by atoms with van der Waals surface area (Å²) in [4.78, 5) is 26.2. The van der Waals surface area contributed by atoms with Gasteiger partial charge in [-0.1, -0.05) is 30.3 Å².